The molecule has 0 saturated heterocycles. The van der Waals surface area contributed by atoms with Gasteiger partial charge in [0.15, 0.2) is 0 Å². The number of rotatable bonds is 4. The van der Waals surface area contributed by atoms with E-state index >= 15 is 0 Å². The van der Waals surface area contributed by atoms with E-state index in [1.165, 1.54) is 12.1 Å². The van der Waals surface area contributed by atoms with Crippen LogP contribution >= 0.6 is 15.9 Å². The Bertz CT molecular complexity index is 426. The van der Waals surface area contributed by atoms with E-state index in [0.717, 1.165) is 0 Å². The summed E-state index contributed by atoms with van der Waals surface area (Å²) >= 11 is 3.06. The number of halogens is 3. The maximum atomic E-state index is 12.0. The SMILES string of the molecule is CCOC(=O)c1cc(N)c(OC(F)F)cc1Br. The topological polar surface area (TPSA) is 61.5 Å². The number of anilines is 1. The van der Waals surface area contributed by atoms with Crippen LogP contribution in [0.5, 0.6) is 5.75 Å². The second-order valence-electron chi connectivity index (χ2n) is 2.97. The van der Waals surface area contributed by atoms with E-state index in [2.05, 4.69) is 20.7 Å². The minimum Gasteiger partial charge on any atom is -0.462 e. The zero-order valence-electron chi connectivity index (χ0n) is 8.88. The fraction of sp³-hybridized carbons (Fsp3) is 0.300. The largest absolute Gasteiger partial charge is 0.462 e. The Kier molecular flexibility index (Phi) is 4.68. The summed E-state index contributed by atoms with van der Waals surface area (Å²) in [5.74, 6) is -0.783. The standard InChI is InChI=1S/C10H10BrF2NO3/c1-2-16-9(15)5-3-7(14)8(4-6(5)11)17-10(12)13/h3-4,10H,2,14H2,1H3. The van der Waals surface area contributed by atoms with Crippen LogP contribution in [0.1, 0.15) is 17.3 Å². The Hall–Kier alpha value is -1.37. The maximum Gasteiger partial charge on any atom is 0.387 e. The average Bonchev–Trinajstić information content (AvgIpc) is 2.22. The van der Waals surface area contributed by atoms with E-state index in [4.69, 9.17) is 10.5 Å². The number of benzene rings is 1. The second kappa shape index (κ2) is 5.81. The van der Waals surface area contributed by atoms with Crippen LogP contribution in [0.15, 0.2) is 16.6 Å². The molecule has 1 aromatic carbocycles. The Morgan fingerprint density at radius 1 is 1.53 bits per heavy atom. The fourth-order valence-corrected chi connectivity index (χ4v) is 1.62. The van der Waals surface area contributed by atoms with Crippen molar-refractivity contribution in [1.29, 1.82) is 0 Å². The Morgan fingerprint density at radius 3 is 2.71 bits per heavy atom. The van der Waals surface area contributed by atoms with E-state index in [1.807, 2.05) is 0 Å². The van der Waals surface area contributed by atoms with E-state index in [-0.39, 0.29) is 28.1 Å². The van der Waals surface area contributed by atoms with Crippen LogP contribution in [0.2, 0.25) is 0 Å². The molecular weight excluding hydrogens is 300 g/mol. The van der Waals surface area contributed by atoms with Gasteiger partial charge in [0, 0.05) is 4.47 Å². The average molecular weight is 310 g/mol. The molecule has 1 rings (SSSR count). The monoisotopic (exact) mass is 309 g/mol. The third kappa shape index (κ3) is 3.55. The van der Waals surface area contributed by atoms with Crippen molar-refractivity contribution in [1.82, 2.24) is 0 Å². The van der Waals surface area contributed by atoms with Crippen molar-refractivity contribution in [3.63, 3.8) is 0 Å². The molecule has 0 unspecified atom stereocenters. The Morgan fingerprint density at radius 2 is 2.18 bits per heavy atom. The van der Waals surface area contributed by atoms with Gasteiger partial charge in [-0.25, -0.2) is 4.79 Å². The van der Waals surface area contributed by atoms with Gasteiger partial charge in [-0.1, -0.05) is 0 Å². The number of hydrogen-bond donors (Lipinski definition) is 1. The molecule has 94 valence electrons. The molecule has 2 N–H and O–H groups in total. The van der Waals surface area contributed by atoms with Crippen LogP contribution < -0.4 is 10.5 Å². The molecule has 0 atom stereocenters. The van der Waals surface area contributed by atoms with E-state index in [1.54, 1.807) is 6.92 Å². The molecule has 0 amide bonds. The van der Waals surface area contributed by atoms with E-state index in [9.17, 15) is 13.6 Å². The Labute approximate surface area is 105 Å². The maximum absolute atomic E-state index is 12.0. The smallest absolute Gasteiger partial charge is 0.387 e. The van der Waals surface area contributed by atoms with Crippen molar-refractivity contribution in [2.24, 2.45) is 0 Å². The molecule has 0 heterocycles. The highest BCUT2D eigenvalue weighted by atomic mass is 79.9. The number of nitrogens with two attached hydrogens (primary N) is 1. The quantitative estimate of drug-likeness (QED) is 0.686. The molecule has 17 heavy (non-hydrogen) atoms. The van der Waals surface area contributed by atoms with Gasteiger partial charge >= 0.3 is 12.6 Å². The number of nitrogen functional groups attached to an aromatic ring is 1. The highest BCUT2D eigenvalue weighted by Crippen LogP contribution is 2.31. The zero-order chi connectivity index (χ0) is 13.0. The molecule has 0 aliphatic rings. The highest BCUT2D eigenvalue weighted by Gasteiger charge is 2.16. The van der Waals surface area contributed by atoms with E-state index in [0.29, 0.717) is 0 Å². The first-order chi connectivity index (χ1) is 7.95. The lowest BCUT2D eigenvalue weighted by atomic mass is 10.2. The molecule has 7 heteroatoms. The highest BCUT2D eigenvalue weighted by molar-refractivity contribution is 9.10. The fourth-order valence-electron chi connectivity index (χ4n) is 1.14. The van der Waals surface area contributed by atoms with E-state index < -0.39 is 12.6 Å². The van der Waals surface area contributed by atoms with Gasteiger partial charge < -0.3 is 15.2 Å². The molecule has 0 aromatic heterocycles. The van der Waals surface area contributed by atoms with Crippen LogP contribution in [0.4, 0.5) is 14.5 Å². The first-order valence-corrected chi connectivity index (χ1v) is 5.46. The van der Waals surface area contributed by atoms with Gasteiger partial charge in [0.25, 0.3) is 0 Å². The van der Waals surface area contributed by atoms with Crippen LogP contribution in [-0.4, -0.2) is 19.2 Å². The van der Waals surface area contributed by atoms with Crippen LogP contribution in [0, 0.1) is 0 Å². The van der Waals surface area contributed by atoms with Crippen molar-refractivity contribution in [3.05, 3.63) is 22.2 Å². The van der Waals surface area contributed by atoms with Crippen molar-refractivity contribution in [2.45, 2.75) is 13.5 Å². The molecule has 0 radical (unpaired) electrons. The predicted octanol–water partition coefficient (Wildman–Crippen LogP) is 2.81. The summed E-state index contributed by atoms with van der Waals surface area (Å²) in [6.45, 7) is -1.11. The molecule has 4 nitrogen and oxygen atoms in total. The number of esters is 1. The summed E-state index contributed by atoms with van der Waals surface area (Å²) in [7, 11) is 0. The number of ether oxygens (including phenoxy) is 2. The third-order valence-electron chi connectivity index (χ3n) is 1.81. The molecule has 0 bridgehead atoms. The van der Waals surface area contributed by atoms with Crippen molar-refractivity contribution in [2.75, 3.05) is 12.3 Å². The van der Waals surface area contributed by atoms with Crippen molar-refractivity contribution >= 4 is 27.6 Å². The Balaban J connectivity index is 3.04. The molecule has 0 spiro atoms. The first-order valence-electron chi connectivity index (χ1n) is 4.66. The summed E-state index contributed by atoms with van der Waals surface area (Å²) in [6, 6.07) is 2.42. The van der Waals surface area contributed by atoms with Crippen LogP contribution in [0.3, 0.4) is 0 Å². The third-order valence-corrected chi connectivity index (χ3v) is 2.47. The normalized spacial score (nSPS) is 10.4. The van der Waals surface area contributed by atoms with Gasteiger partial charge in [-0.2, -0.15) is 8.78 Å². The molecular formula is C10H10BrF2NO3. The van der Waals surface area contributed by atoms with Gasteiger partial charge in [0.1, 0.15) is 5.75 Å². The summed E-state index contributed by atoms with van der Waals surface area (Å²) < 4.78 is 33.3. The van der Waals surface area contributed by atoms with Crippen molar-refractivity contribution in [3.8, 4) is 5.75 Å². The number of carbonyl (C=O) groups is 1. The van der Waals surface area contributed by atoms with Gasteiger partial charge in [-0.05, 0) is 35.0 Å². The number of hydrogen-bond acceptors (Lipinski definition) is 4. The van der Waals surface area contributed by atoms with Gasteiger partial charge in [0.2, 0.25) is 0 Å². The van der Waals surface area contributed by atoms with Crippen LogP contribution in [0.25, 0.3) is 0 Å². The summed E-state index contributed by atoms with van der Waals surface area (Å²) in [6.07, 6.45) is 0. The van der Waals surface area contributed by atoms with Gasteiger partial charge in [-0.15, -0.1) is 0 Å². The minimum atomic E-state index is -2.97. The minimum absolute atomic E-state index is 0.0587. The number of carbonyl (C=O) groups excluding carboxylic acids is 1. The molecule has 0 fully saturated rings. The van der Waals surface area contributed by atoms with Crippen molar-refractivity contribution < 1.29 is 23.0 Å². The molecule has 1 aromatic rings. The molecule has 0 saturated carbocycles. The number of alkyl halides is 2. The van der Waals surface area contributed by atoms with Crippen LogP contribution in [-0.2, 0) is 4.74 Å². The predicted molar refractivity (Wildman–Crippen MR) is 61.1 cm³/mol. The molecule has 0 aliphatic heterocycles. The lowest BCUT2D eigenvalue weighted by molar-refractivity contribution is -0.0493. The molecule has 0 aliphatic carbocycles. The van der Waals surface area contributed by atoms with Gasteiger partial charge in [-0.3, -0.25) is 0 Å². The zero-order valence-corrected chi connectivity index (χ0v) is 10.5. The summed E-state index contributed by atoms with van der Waals surface area (Å²) in [5.41, 5.74) is 5.59. The summed E-state index contributed by atoms with van der Waals surface area (Å²) in [4.78, 5) is 11.5. The lowest BCUT2D eigenvalue weighted by Crippen LogP contribution is -2.09. The summed E-state index contributed by atoms with van der Waals surface area (Å²) in [5, 5.41) is 0. The first kappa shape index (κ1) is 13.7. The second-order valence-corrected chi connectivity index (χ2v) is 3.82. The van der Waals surface area contributed by atoms with Gasteiger partial charge in [0.05, 0.1) is 17.9 Å². The lowest BCUT2D eigenvalue weighted by Gasteiger charge is -2.11.